The number of hydrogen-bond donors (Lipinski definition) is 1. The molecular formula is C42H70O7S. The van der Waals surface area contributed by atoms with Crippen LogP contribution in [0.25, 0.3) is 0 Å². The molecule has 0 saturated carbocycles. The fraction of sp³-hybridized carbons (Fsp3) is 0.714. The van der Waals surface area contributed by atoms with E-state index < -0.39 is 32.5 Å². The fourth-order valence-electron chi connectivity index (χ4n) is 5.95. The summed E-state index contributed by atoms with van der Waals surface area (Å²) in [5.41, 5.74) is -0.685. The predicted molar refractivity (Wildman–Crippen MR) is 206 cm³/mol. The van der Waals surface area contributed by atoms with Gasteiger partial charge < -0.3 is 9.47 Å². The first kappa shape index (κ1) is 45.6. The first-order valence-electron chi connectivity index (χ1n) is 20.1. The molecular weight excluding hydrogens is 649 g/mol. The van der Waals surface area contributed by atoms with Crippen LogP contribution in [0.4, 0.5) is 0 Å². The van der Waals surface area contributed by atoms with Crippen molar-refractivity contribution in [1.82, 2.24) is 0 Å². The quantitative estimate of drug-likeness (QED) is 0.0333. The first-order chi connectivity index (χ1) is 24.3. The number of ether oxygens (including phenoxy) is 2. The molecule has 0 aliphatic heterocycles. The molecule has 7 nitrogen and oxygen atoms in total. The van der Waals surface area contributed by atoms with E-state index in [1.165, 1.54) is 121 Å². The molecule has 1 aromatic rings. The molecule has 8 heteroatoms. The van der Waals surface area contributed by atoms with Crippen molar-refractivity contribution in [1.29, 1.82) is 0 Å². The van der Waals surface area contributed by atoms with E-state index in [-0.39, 0.29) is 18.8 Å². The minimum atomic E-state index is -4.76. The highest BCUT2D eigenvalue weighted by atomic mass is 32.2. The van der Waals surface area contributed by atoms with Crippen molar-refractivity contribution in [2.45, 2.75) is 186 Å². The van der Waals surface area contributed by atoms with E-state index in [0.29, 0.717) is 12.8 Å². The maximum Gasteiger partial charge on any atom is 0.340 e. The van der Waals surface area contributed by atoms with Crippen molar-refractivity contribution in [2.75, 3.05) is 13.2 Å². The lowest BCUT2D eigenvalue weighted by molar-refractivity contribution is 0.0446. The van der Waals surface area contributed by atoms with Crippen molar-refractivity contribution >= 4 is 22.1 Å². The zero-order valence-corrected chi connectivity index (χ0v) is 32.5. The maximum absolute atomic E-state index is 13.0. The molecule has 1 aromatic carbocycles. The number of benzene rings is 1. The Hall–Kier alpha value is -2.45. The Labute approximate surface area is 305 Å². The highest BCUT2D eigenvalue weighted by Crippen LogP contribution is 2.23. The number of esters is 2. The smallest absolute Gasteiger partial charge is 0.340 e. The number of hydrogen-bond acceptors (Lipinski definition) is 6. The molecule has 50 heavy (non-hydrogen) atoms. The number of carbonyl (C=O) groups is 2. The fourth-order valence-corrected chi connectivity index (χ4v) is 6.65. The molecule has 0 radical (unpaired) electrons. The van der Waals surface area contributed by atoms with Gasteiger partial charge in [0.15, 0.2) is 0 Å². The third kappa shape index (κ3) is 23.9. The molecule has 286 valence electrons. The van der Waals surface area contributed by atoms with Crippen molar-refractivity contribution < 1.29 is 32.0 Å². The largest absolute Gasteiger partial charge is 0.462 e. The van der Waals surface area contributed by atoms with Crippen LogP contribution in [-0.4, -0.2) is 38.1 Å². The standard InChI is InChI=1S/C42H70O7S/c1-3-5-7-9-11-13-15-17-19-21-23-25-27-29-31-36-48-41(43)38-34-33-35-39(50(45,46)47)40(38)42(44)49-37-32-30-28-26-24-22-20-18-16-14-12-10-8-6-4-2/h11-14,33-35H,3-10,15-32,36-37H2,1-2H3,(H,45,46,47)/b13-11+,14-12+. The van der Waals surface area contributed by atoms with Gasteiger partial charge in [-0.1, -0.05) is 147 Å². The van der Waals surface area contributed by atoms with Crippen LogP contribution in [0.15, 0.2) is 47.4 Å². The summed E-state index contributed by atoms with van der Waals surface area (Å²) < 4.78 is 44.7. The zero-order chi connectivity index (χ0) is 36.5. The summed E-state index contributed by atoms with van der Waals surface area (Å²) in [4.78, 5) is 25.3. The lowest BCUT2D eigenvalue weighted by atomic mass is 10.1. The number of allylic oxidation sites excluding steroid dienone is 4. The van der Waals surface area contributed by atoms with E-state index in [4.69, 9.17) is 9.47 Å². The molecule has 0 fully saturated rings. The third-order valence-corrected chi connectivity index (χ3v) is 9.90. The Kier molecular flexibility index (Phi) is 28.5. The summed E-state index contributed by atoms with van der Waals surface area (Å²) in [7, 11) is -4.76. The Morgan fingerprint density at radius 3 is 1.30 bits per heavy atom. The van der Waals surface area contributed by atoms with Crippen LogP contribution in [0.3, 0.4) is 0 Å². The molecule has 0 amide bonds. The van der Waals surface area contributed by atoms with Gasteiger partial charge in [0.2, 0.25) is 0 Å². The number of carbonyl (C=O) groups excluding carboxylic acids is 2. The number of unbranched alkanes of at least 4 members (excludes halogenated alkanes) is 22. The van der Waals surface area contributed by atoms with Crippen molar-refractivity contribution in [3.05, 3.63) is 53.6 Å². The highest BCUT2D eigenvalue weighted by Gasteiger charge is 2.28. The van der Waals surface area contributed by atoms with Gasteiger partial charge in [-0.05, 0) is 76.3 Å². The van der Waals surface area contributed by atoms with E-state index in [1.807, 2.05) is 0 Å². The third-order valence-electron chi connectivity index (χ3n) is 9.01. The Bertz CT molecular complexity index is 1170. The van der Waals surface area contributed by atoms with E-state index in [2.05, 4.69) is 38.2 Å². The van der Waals surface area contributed by atoms with Gasteiger partial charge in [0.1, 0.15) is 4.90 Å². The Morgan fingerprint density at radius 2 is 0.900 bits per heavy atom. The topological polar surface area (TPSA) is 107 Å². The van der Waals surface area contributed by atoms with E-state index in [1.54, 1.807) is 0 Å². The van der Waals surface area contributed by atoms with Gasteiger partial charge in [-0.25, -0.2) is 9.59 Å². The molecule has 0 saturated heterocycles. The Balaban J connectivity index is 2.30. The monoisotopic (exact) mass is 718 g/mol. The van der Waals surface area contributed by atoms with Crippen LogP contribution in [0, 0.1) is 0 Å². The zero-order valence-electron chi connectivity index (χ0n) is 31.6. The molecule has 0 heterocycles. The van der Waals surface area contributed by atoms with Gasteiger partial charge in [0, 0.05) is 0 Å². The lowest BCUT2D eigenvalue weighted by Gasteiger charge is -2.13. The van der Waals surface area contributed by atoms with Gasteiger partial charge in [-0.15, -0.1) is 0 Å². The molecule has 0 unspecified atom stereocenters. The molecule has 1 N–H and O–H groups in total. The molecule has 0 aliphatic rings. The van der Waals surface area contributed by atoms with Crippen LogP contribution in [0.5, 0.6) is 0 Å². The van der Waals surface area contributed by atoms with Gasteiger partial charge in [-0.3, -0.25) is 4.55 Å². The van der Waals surface area contributed by atoms with Crippen LogP contribution in [-0.2, 0) is 19.6 Å². The normalized spacial score (nSPS) is 11.9. The second-order valence-corrected chi connectivity index (χ2v) is 15.0. The van der Waals surface area contributed by atoms with Gasteiger partial charge in [-0.2, -0.15) is 8.42 Å². The van der Waals surface area contributed by atoms with E-state index in [9.17, 15) is 22.6 Å². The minimum Gasteiger partial charge on any atom is -0.462 e. The highest BCUT2D eigenvalue weighted by molar-refractivity contribution is 7.86. The predicted octanol–water partition coefficient (Wildman–Crippen LogP) is 12.5. The van der Waals surface area contributed by atoms with E-state index >= 15 is 0 Å². The van der Waals surface area contributed by atoms with Crippen LogP contribution in [0.2, 0.25) is 0 Å². The molecule has 0 spiro atoms. The SMILES string of the molecule is CCCCC/C=C/CCCCCCCCCCOC(=O)c1cccc(S(=O)(=O)O)c1C(=O)OCCCCCCCCCC/C=C/CCCCC. The minimum absolute atomic E-state index is 0.105. The van der Waals surface area contributed by atoms with Crippen LogP contribution < -0.4 is 0 Å². The van der Waals surface area contributed by atoms with Crippen molar-refractivity contribution in [3.63, 3.8) is 0 Å². The summed E-state index contributed by atoms with van der Waals surface area (Å²) >= 11 is 0. The van der Waals surface area contributed by atoms with Crippen molar-refractivity contribution in [3.8, 4) is 0 Å². The van der Waals surface area contributed by atoms with E-state index in [0.717, 1.165) is 51.0 Å². The number of rotatable bonds is 33. The van der Waals surface area contributed by atoms with Crippen LogP contribution >= 0.6 is 0 Å². The molecule has 0 aromatic heterocycles. The van der Waals surface area contributed by atoms with Gasteiger partial charge >= 0.3 is 11.9 Å². The second-order valence-electron chi connectivity index (χ2n) is 13.6. The van der Waals surface area contributed by atoms with Crippen LogP contribution in [0.1, 0.15) is 202 Å². The summed E-state index contributed by atoms with van der Waals surface area (Å²) in [6.07, 6.45) is 39.1. The molecule has 0 atom stereocenters. The van der Waals surface area contributed by atoms with Gasteiger partial charge in [0.25, 0.3) is 10.1 Å². The molecule has 0 aliphatic carbocycles. The summed E-state index contributed by atoms with van der Waals surface area (Å²) in [6.45, 7) is 4.73. The molecule has 0 bridgehead atoms. The average Bonchev–Trinajstić information content (AvgIpc) is 3.10. The van der Waals surface area contributed by atoms with Crippen molar-refractivity contribution in [2.24, 2.45) is 0 Å². The second kappa shape index (κ2) is 31.3. The summed E-state index contributed by atoms with van der Waals surface area (Å²) in [5, 5.41) is 0. The average molecular weight is 719 g/mol. The van der Waals surface area contributed by atoms with Gasteiger partial charge in [0.05, 0.1) is 24.3 Å². The lowest BCUT2D eigenvalue weighted by Crippen LogP contribution is -2.19. The summed E-state index contributed by atoms with van der Waals surface area (Å²) in [5.74, 6) is -1.75. The Morgan fingerprint density at radius 1 is 0.540 bits per heavy atom. The summed E-state index contributed by atoms with van der Waals surface area (Å²) in [6, 6.07) is 3.74. The molecule has 1 rings (SSSR count). The maximum atomic E-state index is 13.0. The first-order valence-corrected chi connectivity index (χ1v) is 21.5.